The first-order valence-electron chi connectivity index (χ1n) is 8.45. The Morgan fingerprint density at radius 3 is 2.04 bits per heavy atom. The van der Waals surface area contributed by atoms with Gasteiger partial charge < -0.3 is 14.8 Å². The molecule has 132 valence electrons. The van der Waals surface area contributed by atoms with Gasteiger partial charge in [-0.2, -0.15) is 0 Å². The molecule has 5 heteroatoms. The number of hydrogen-bond donors (Lipinski definition) is 1. The minimum absolute atomic E-state index is 0.219. The second kappa shape index (κ2) is 9.47. The van der Waals surface area contributed by atoms with E-state index in [-0.39, 0.29) is 11.9 Å². The van der Waals surface area contributed by atoms with Crippen LogP contribution in [0.15, 0.2) is 48.5 Å². The van der Waals surface area contributed by atoms with Crippen molar-refractivity contribution in [2.45, 2.75) is 26.7 Å². The molecular weight excluding hydrogens is 318 g/mol. The number of carbonyl (C=O) groups is 2. The number of carbonyl (C=O) groups excluding carboxylic acids is 2. The maximum absolute atomic E-state index is 12.3. The van der Waals surface area contributed by atoms with Crippen molar-refractivity contribution in [3.05, 3.63) is 59.7 Å². The highest BCUT2D eigenvalue weighted by Crippen LogP contribution is 2.15. The molecule has 0 aromatic heterocycles. The van der Waals surface area contributed by atoms with Crippen molar-refractivity contribution in [1.29, 1.82) is 0 Å². The van der Waals surface area contributed by atoms with E-state index in [1.165, 1.54) is 0 Å². The number of amides is 1. The van der Waals surface area contributed by atoms with Crippen molar-refractivity contribution in [1.82, 2.24) is 0 Å². The van der Waals surface area contributed by atoms with E-state index in [0.717, 1.165) is 18.6 Å². The molecule has 0 fully saturated rings. The van der Waals surface area contributed by atoms with E-state index in [1.807, 2.05) is 13.8 Å². The average Bonchev–Trinajstić information content (AvgIpc) is 2.65. The number of rotatable bonds is 8. The normalized spacial score (nSPS) is 10.2. The molecule has 2 aromatic carbocycles. The Bertz CT molecular complexity index is 693. The van der Waals surface area contributed by atoms with Crippen molar-refractivity contribution in [3.8, 4) is 5.75 Å². The van der Waals surface area contributed by atoms with Crippen LogP contribution in [0.5, 0.6) is 5.75 Å². The van der Waals surface area contributed by atoms with Crippen LogP contribution >= 0.6 is 0 Å². The Morgan fingerprint density at radius 2 is 1.44 bits per heavy atom. The van der Waals surface area contributed by atoms with E-state index >= 15 is 0 Å². The predicted octanol–water partition coefficient (Wildman–Crippen LogP) is 4.29. The molecule has 1 N–H and O–H groups in total. The van der Waals surface area contributed by atoms with Crippen molar-refractivity contribution in [3.63, 3.8) is 0 Å². The summed E-state index contributed by atoms with van der Waals surface area (Å²) in [6.45, 7) is 5.03. The van der Waals surface area contributed by atoms with Crippen molar-refractivity contribution in [2.75, 3.05) is 18.5 Å². The first-order chi connectivity index (χ1) is 12.1. The molecule has 5 nitrogen and oxygen atoms in total. The van der Waals surface area contributed by atoms with Crippen LogP contribution in [0.2, 0.25) is 0 Å². The molecule has 0 aliphatic carbocycles. The molecule has 0 heterocycles. The van der Waals surface area contributed by atoms with E-state index in [4.69, 9.17) is 9.47 Å². The van der Waals surface area contributed by atoms with Gasteiger partial charge in [-0.15, -0.1) is 0 Å². The SMILES string of the molecule is CCCOC(=O)c1ccc(NC(=O)c2ccc(OCCC)cc2)cc1. The molecule has 0 atom stereocenters. The molecule has 0 saturated heterocycles. The molecule has 0 unspecified atom stereocenters. The molecule has 2 rings (SSSR count). The standard InChI is InChI=1S/C20H23NO4/c1-3-13-24-18-11-7-15(8-12-18)19(22)21-17-9-5-16(6-10-17)20(23)25-14-4-2/h5-12H,3-4,13-14H2,1-2H3,(H,21,22). The highest BCUT2D eigenvalue weighted by molar-refractivity contribution is 6.04. The fraction of sp³-hybridized carbons (Fsp3) is 0.300. The fourth-order valence-corrected chi connectivity index (χ4v) is 2.09. The van der Waals surface area contributed by atoms with Crippen LogP contribution in [-0.4, -0.2) is 25.1 Å². The van der Waals surface area contributed by atoms with Crippen LogP contribution in [0.25, 0.3) is 0 Å². The van der Waals surface area contributed by atoms with Crippen molar-refractivity contribution >= 4 is 17.6 Å². The third-order valence-electron chi connectivity index (χ3n) is 3.41. The van der Waals surface area contributed by atoms with E-state index in [1.54, 1.807) is 48.5 Å². The van der Waals surface area contributed by atoms with Gasteiger partial charge in [-0.05, 0) is 61.4 Å². The van der Waals surface area contributed by atoms with Crippen LogP contribution in [0.4, 0.5) is 5.69 Å². The summed E-state index contributed by atoms with van der Waals surface area (Å²) in [5, 5.41) is 2.80. The summed E-state index contributed by atoms with van der Waals surface area (Å²) in [6, 6.07) is 13.6. The van der Waals surface area contributed by atoms with E-state index in [9.17, 15) is 9.59 Å². The number of hydrogen-bond acceptors (Lipinski definition) is 4. The Labute approximate surface area is 148 Å². The molecule has 0 spiro atoms. The van der Waals surface area contributed by atoms with E-state index < -0.39 is 0 Å². The largest absolute Gasteiger partial charge is 0.494 e. The summed E-state index contributed by atoms with van der Waals surface area (Å²) in [5.74, 6) is 0.166. The van der Waals surface area contributed by atoms with Crippen molar-refractivity contribution < 1.29 is 19.1 Å². The summed E-state index contributed by atoms with van der Waals surface area (Å²) in [6.07, 6.45) is 1.71. The van der Waals surface area contributed by atoms with Gasteiger partial charge in [0.15, 0.2) is 0 Å². The van der Waals surface area contributed by atoms with Crippen LogP contribution in [0.1, 0.15) is 47.4 Å². The second-order valence-electron chi connectivity index (χ2n) is 5.54. The number of nitrogens with one attached hydrogen (secondary N) is 1. The van der Waals surface area contributed by atoms with Crippen LogP contribution in [0, 0.1) is 0 Å². The number of anilines is 1. The zero-order valence-electron chi connectivity index (χ0n) is 14.6. The molecule has 0 bridgehead atoms. The summed E-state index contributed by atoms with van der Waals surface area (Å²) >= 11 is 0. The molecule has 25 heavy (non-hydrogen) atoms. The molecule has 2 aromatic rings. The Hall–Kier alpha value is -2.82. The Morgan fingerprint density at radius 1 is 0.840 bits per heavy atom. The van der Waals surface area contributed by atoms with Crippen LogP contribution in [0.3, 0.4) is 0 Å². The highest BCUT2D eigenvalue weighted by Gasteiger charge is 2.09. The van der Waals surface area contributed by atoms with Crippen LogP contribution < -0.4 is 10.1 Å². The lowest BCUT2D eigenvalue weighted by atomic mass is 10.1. The molecular formula is C20H23NO4. The number of benzene rings is 2. The maximum atomic E-state index is 12.3. The van der Waals surface area contributed by atoms with Gasteiger partial charge in [0, 0.05) is 11.3 Å². The van der Waals surface area contributed by atoms with Crippen molar-refractivity contribution in [2.24, 2.45) is 0 Å². The lowest BCUT2D eigenvalue weighted by Crippen LogP contribution is -2.12. The highest BCUT2D eigenvalue weighted by atomic mass is 16.5. The van der Waals surface area contributed by atoms with Crippen LogP contribution in [-0.2, 0) is 4.74 Å². The summed E-state index contributed by atoms with van der Waals surface area (Å²) in [5.41, 5.74) is 1.61. The summed E-state index contributed by atoms with van der Waals surface area (Å²) in [7, 11) is 0. The van der Waals surface area contributed by atoms with Gasteiger partial charge in [-0.3, -0.25) is 4.79 Å². The zero-order valence-corrected chi connectivity index (χ0v) is 14.6. The molecule has 0 aliphatic heterocycles. The van der Waals surface area contributed by atoms with Gasteiger partial charge >= 0.3 is 5.97 Å². The molecule has 0 radical (unpaired) electrons. The second-order valence-corrected chi connectivity index (χ2v) is 5.54. The Kier molecular flexibility index (Phi) is 7.01. The predicted molar refractivity (Wildman–Crippen MR) is 97.2 cm³/mol. The van der Waals surface area contributed by atoms with Gasteiger partial charge in [0.1, 0.15) is 5.75 Å². The minimum atomic E-state index is -0.359. The van der Waals surface area contributed by atoms with Gasteiger partial charge in [0.25, 0.3) is 5.91 Å². The lowest BCUT2D eigenvalue weighted by molar-refractivity contribution is 0.0505. The average molecular weight is 341 g/mol. The zero-order chi connectivity index (χ0) is 18.1. The lowest BCUT2D eigenvalue weighted by Gasteiger charge is -2.08. The minimum Gasteiger partial charge on any atom is -0.494 e. The fourth-order valence-electron chi connectivity index (χ4n) is 2.09. The molecule has 1 amide bonds. The van der Waals surface area contributed by atoms with Gasteiger partial charge in [0.2, 0.25) is 0 Å². The third kappa shape index (κ3) is 5.64. The number of esters is 1. The smallest absolute Gasteiger partial charge is 0.338 e. The third-order valence-corrected chi connectivity index (χ3v) is 3.41. The summed E-state index contributed by atoms with van der Waals surface area (Å²) in [4.78, 5) is 24.0. The molecule has 0 aliphatic rings. The first-order valence-corrected chi connectivity index (χ1v) is 8.45. The quantitative estimate of drug-likeness (QED) is 0.727. The van der Waals surface area contributed by atoms with E-state index in [2.05, 4.69) is 5.32 Å². The van der Waals surface area contributed by atoms with E-state index in [0.29, 0.717) is 30.0 Å². The topological polar surface area (TPSA) is 64.6 Å². The summed E-state index contributed by atoms with van der Waals surface area (Å²) < 4.78 is 10.6. The first kappa shape index (κ1) is 18.5. The maximum Gasteiger partial charge on any atom is 0.338 e. The molecule has 0 saturated carbocycles. The number of ether oxygens (including phenoxy) is 2. The van der Waals surface area contributed by atoms with Gasteiger partial charge in [-0.25, -0.2) is 4.79 Å². The van der Waals surface area contributed by atoms with Gasteiger partial charge in [0.05, 0.1) is 18.8 Å². The van der Waals surface area contributed by atoms with Gasteiger partial charge in [-0.1, -0.05) is 13.8 Å². The monoisotopic (exact) mass is 341 g/mol. The Balaban J connectivity index is 1.94.